The Morgan fingerprint density at radius 2 is 2.23 bits per heavy atom. The molecule has 0 unspecified atom stereocenters. The normalized spacial score (nSPS) is 23.7. The van der Waals surface area contributed by atoms with Gasteiger partial charge in [-0.3, -0.25) is 4.79 Å². The first-order chi connectivity index (χ1) is 12.8. The van der Waals surface area contributed by atoms with E-state index >= 15 is 0 Å². The predicted octanol–water partition coefficient (Wildman–Crippen LogP) is 0.650. The van der Waals surface area contributed by atoms with Crippen molar-refractivity contribution in [2.24, 2.45) is 0 Å². The quantitative estimate of drug-likeness (QED) is 0.729. The number of rotatable bonds is 2. The van der Waals surface area contributed by atoms with Crippen molar-refractivity contribution < 1.29 is 9.53 Å². The number of H-pyrrole nitrogens is 1. The number of aromatic amines is 1. The van der Waals surface area contributed by atoms with Crippen molar-refractivity contribution in [2.75, 3.05) is 24.6 Å². The van der Waals surface area contributed by atoms with E-state index in [1.165, 1.54) is 0 Å². The Morgan fingerprint density at radius 1 is 1.27 bits per heavy atom. The number of anilines is 1. The van der Waals surface area contributed by atoms with Gasteiger partial charge < -0.3 is 19.5 Å². The van der Waals surface area contributed by atoms with Crippen LogP contribution >= 0.6 is 0 Å². The van der Waals surface area contributed by atoms with E-state index in [9.17, 15) is 4.79 Å². The number of nitrogens with zero attached hydrogens (tertiary/aromatic N) is 6. The summed E-state index contributed by atoms with van der Waals surface area (Å²) in [6.45, 7) is 2.83. The Kier molecular flexibility index (Phi) is 2.69. The van der Waals surface area contributed by atoms with Gasteiger partial charge in [-0.2, -0.15) is 5.10 Å². The molecular formula is C17H17N7O2. The number of likely N-dealkylation sites (tertiary alicyclic amines) is 1. The Balaban J connectivity index is 1.25. The van der Waals surface area contributed by atoms with Gasteiger partial charge in [0.2, 0.25) is 5.88 Å². The van der Waals surface area contributed by atoms with Gasteiger partial charge in [-0.15, -0.1) is 0 Å². The maximum atomic E-state index is 12.9. The third-order valence-electron chi connectivity index (χ3n) is 5.62. The largest absolute Gasteiger partial charge is 0.476 e. The van der Waals surface area contributed by atoms with Gasteiger partial charge in [-0.1, -0.05) is 0 Å². The van der Waals surface area contributed by atoms with Crippen LogP contribution in [0.25, 0.3) is 11.0 Å². The molecule has 1 amide bonds. The highest BCUT2D eigenvalue weighted by Crippen LogP contribution is 2.37. The number of ether oxygens (including phenoxy) is 1. The van der Waals surface area contributed by atoms with Gasteiger partial charge in [-0.25, -0.2) is 14.6 Å². The summed E-state index contributed by atoms with van der Waals surface area (Å²) in [7, 11) is 0. The van der Waals surface area contributed by atoms with Crippen LogP contribution in [0.15, 0.2) is 24.7 Å². The molecule has 6 heterocycles. The molecule has 1 N–H and O–H groups in total. The van der Waals surface area contributed by atoms with Gasteiger partial charge in [-0.05, 0) is 12.5 Å². The van der Waals surface area contributed by atoms with Crippen LogP contribution in [0.1, 0.15) is 16.9 Å². The molecular weight excluding hydrogens is 334 g/mol. The zero-order chi connectivity index (χ0) is 17.3. The molecule has 3 aliphatic heterocycles. The molecule has 9 heteroatoms. The number of hydrogen-bond acceptors (Lipinski definition) is 6. The summed E-state index contributed by atoms with van der Waals surface area (Å²) in [6, 6.07) is 4.23. The van der Waals surface area contributed by atoms with E-state index in [0.29, 0.717) is 31.3 Å². The number of piperazine rings is 1. The highest BCUT2D eigenvalue weighted by molar-refractivity contribution is 5.94. The van der Waals surface area contributed by atoms with E-state index in [2.05, 4.69) is 25.0 Å². The van der Waals surface area contributed by atoms with Crippen LogP contribution in [0.2, 0.25) is 0 Å². The van der Waals surface area contributed by atoms with E-state index in [0.717, 1.165) is 29.8 Å². The first-order valence-electron chi connectivity index (χ1n) is 8.84. The highest BCUT2D eigenvalue weighted by Gasteiger charge is 2.46. The summed E-state index contributed by atoms with van der Waals surface area (Å²) in [5.41, 5.74) is 1.33. The van der Waals surface area contributed by atoms with Crippen molar-refractivity contribution in [3.05, 3.63) is 30.4 Å². The van der Waals surface area contributed by atoms with Crippen LogP contribution in [0.4, 0.5) is 5.82 Å². The second-order valence-corrected chi connectivity index (χ2v) is 7.03. The Hall–Kier alpha value is -3.10. The number of fused-ring (bicyclic) bond motifs is 4. The zero-order valence-electron chi connectivity index (χ0n) is 14.0. The minimum absolute atomic E-state index is 0.00266. The summed E-state index contributed by atoms with van der Waals surface area (Å²) in [4.78, 5) is 29.1. The molecule has 2 atom stereocenters. The maximum absolute atomic E-state index is 12.9. The third-order valence-corrected chi connectivity index (χ3v) is 5.62. The monoisotopic (exact) mass is 351 g/mol. The molecule has 0 radical (unpaired) electrons. The lowest BCUT2D eigenvalue weighted by molar-refractivity contribution is 0.0718. The van der Waals surface area contributed by atoms with Gasteiger partial charge in [0.25, 0.3) is 5.91 Å². The summed E-state index contributed by atoms with van der Waals surface area (Å²) in [5, 5.41) is 5.42. The number of carbonyl (C=O) groups is 1. The molecule has 6 rings (SSSR count). The van der Waals surface area contributed by atoms with Crippen molar-refractivity contribution in [2.45, 2.75) is 25.0 Å². The van der Waals surface area contributed by atoms with Gasteiger partial charge in [0, 0.05) is 25.4 Å². The summed E-state index contributed by atoms with van der Waals surface area (Å²) in [6.07, 6.45) is 4.44. The molecule has 0 saturated carbocycles. The predicted molar refractivity (Wildman–Crippen MR) is 92.2 cm³/mol. The Morgan fingerprint density at radius 3 is 3.08 bits per heavy atom. The van der Waals surface area contributed by atoms with Crippen LogP contribution in [-0.2, 0) is 6.54 Å². The topological polar surface area (TPSA) is 92.2 Å². The average Bonchev–Trinajstić information content (AvgIpc) is 3.45. The van der Waals surface area contributed by atoms with Gasteiger partial charge >= 0.3 is 0 Å². The molecule has 2 saturated heterocycles. The van der Waals surface area contributed by atoms with E-state index in [1.807, 2.05) is 17.2 Å². The zero-order valence-corrected chi connectivity index (χ0v) is 14.0. The van der Waals surface area contributed by atoms with Crippen molar-refractivity contribution in [1.82, 2.24) is 29.6 Å². The lowest BCUT2D eigenvalue weighted by Crippen LogP contribution is -2.49. The first-order valence-corrected chi connectivity index (χ1v) is 8.84. The van der Waals surface area contributed by atoms with Crippen LogP contribution < -0.4 is 9.64 Å². The summed E-state index contributed by atoms with van der Waals surface area (Å²) < 4.78 is 7.23. The molecule has 2 fully saturated rings. The second kappa shape index (κ2) is 4.96. The third kappa shape index (κ3) is 1.85. The van der Waals surface area contributed by atoms with E-state index < -0.39 is 0 Å². The lowest BCUT2D eigenvalue weighted by atomic mass is 10.2. The molecule has 26 heavy (non-hydrogen) atoms. The SMILES string of the molecule is O=C(c1cc2n(n1)CCO2)N1C[C@@H]2C[C@H]1CN2c1ncnc2[nH]ccc12. The molecule has 3 aromatic rings. The summed E-state index contributed by atoms with van der Waals surface area (Å²) >= 11 is 0. The van der Waals surface area contributed by atoms with Crippen LogP contribution in [-0.4, -0.2) is 67.3 Å². The van der Waals surface area contributed by atoms with E-state index in [4.69, 9.17) is 4.74 Å². The number of aromatic nitrogens is 5. The molecule has 132 valence electrons. The number of hydrogen-bond donors (Lipinski definition) is 1. The number of nitrogens with one attached hydrogen (secondary N) is 1. The van der Waals surface area contributed by atoms with Gasteiger partial charge in [0.1, 0.15) is 24.4 Å². The van der Waals surface area contributed by atoms with Crippen molar-refractivity contribution in [3.8, 4) is 5.88 Å². The standard InChI is InChI=1S/C17H17N7O2/c25-17(13-6-14-24(21-13)3-4-26-14)23-8-10-5-11(23)7-22(10)16-12-1-2-18-15(12)19-9-20-16/h1-2,6,9-11H,3-5,7-8H2,(H,18,19,20)/t10-,11-/m0/s1. The minimum atomic E-state index is -0.00266. The molecule has 9 nitrogen and oxygen atoms in total. The summed E-state index contributed by atoms with van der Waals surface area (Å²) in [5.74, 6) is 1.64. The smallest absolute Gasteiger partial charge is 0.274 e. The molecule has 2 bridgehead atoms. The van der Waals surface area contributed by atoms with Crippen molar-refractivity contribution in [3.63, 3.8) is 0 Å². The van der Waals surface area contributed by atoms with Crippen LogP contribution in [0.3, 0.4) is 0 Å². The van der Waals surface area contributed by atoms with E-state index in [-0.39, 0.29) is 18.0 Å². The van der Waals surface area contributed by atoms with Crippen LogP contribution in [0, 0.1) is 0 Å². The van der Waals surface area contributed by atoms with Crippen molar-refractivity contribution in [1.29, 1.82) is 0 Å². The minimum Gasteiger partial charge on any atom is -0.476 e. The van der Waals surface area contributed by atoms with Gasteiger partial charge in [0.05, 0.1) is 24.0 Å². The molecule has 0 spiro atoms. The molecule has 3 aromatic heterocycles. The molecule has 3 aliphatic rings. The number of carbonyl (C=O) groups excluding carboxylic acids is 1. The number of amides is 1. The van der Waals surface area contributed by atoms with Crippen molar-refractivity contribution >= 4 is 22.8 Å². The average molecular weight is 351 g/mol. The van der Waals surface area contributed by atoms with Gasteiger partial charge in [0.15, 0.2) is 5.69 Å². The molecule has 0 aromatic carbocycles. The molecule has 0 aliphatic carbocycles. The second-order valence-electron chi connectivity index (χ2n) is 7.03. The lowest BCUT2D eigenvalue weighted by Gasteiger charge is -2.34. The fraction of sp³-hybridized carbons (Fsp3) is 0.412. The maximum Gasteiger partial charge on any atom is 0.274 e. The Labute approximate surface area is 148 Å². The fourth-order valence-corrected chi connectivity index (χ4v) is 4.43. The fourth-order valence-electron chi connectivity index (χ4n) is 4.43. The van der Waals surface area contributed by atoms with Crippen LogP contribution in [0.5, 0.6) is 5.88 Å². The van der Waals surface area contributed by atoms with E-state index in [1.54, 1.807) is 17.1 Å². The highest BCUT2D eigenvalue weighted by atomic mass is 16.5. The Bertz CT molecular complexity index is 1000. The first kappa shape index (κ1) is 14.1.